The molecule has 2 aromatic carbocycles. The molecule has 0 N–H and O–H groups in total. The number of aromatic nitrogens is 1. The van der Waals surface area contributed by atoms with Gasteiger partial charge in [-0.25, -0.2) is 9.78 Å². The Kier molecular flexibility index (Phi) is 6.28. The van der Waals surface area contributed by atoms with Gasteiger partial charge >= 0.3 is 6.09 Å². The molecule has 178 valence electrons. The van der Waals surface area contributed by atoms with Crippen molar-refractivity contribution in [3.05, 3.63) is 82.9 Å². The first-order chi connectivity index (χ1) is 17.0. The second-order valence-electron chi connectivity index (χ2n) is 8.20. The van der Waals surface area contributed by atoms with E-state index in [2.05, 4.69) is 4.98 Å². The number of rotatable bonds is 6. The summed E-state index contributed by atoms with van der Waals surface area (Å²) in [7, 11) is 0. The Morgan fingerprint density at radius 2 is 1.71 bits per heavy atom. The first-order valence-electron chi connectivity index (χ1n) is 11.2. The Balaban J connectivity index is 1.34. The summed E-state index contributed by atoms with van der Waals surface area (Å²) in [5.74, 6) is -1.35. The Hall–Kier alpha value is -4.05. The molecule has 2 aliphatic rings. The van der Waals surface area contributed by atoms with Crippen LogP contribution in [0.1, 0.15) is 39.1 Å². The average molecular weight is 491 g/mol. The fraction of sp³-hybridized carbons (Fsp3) is 0.240. The lowest BCUT2D eigenvalue weighted by molar-refractivity contribution is -0.122. The van der Waals surface area contributed by atoms with Gasteiger partial charge in [0.25, 0.3) is 17.7 Å². The minimum atomic E-state index is -0.780. The predicted molar refractivity (Wildman–Crippen MR) is 128 cm³/mol. The van der Waals surface area contributed by atoms with Crippen LogP contribution in [0.4, 0.5) is 9.93 Å². The van der Waals surface area contributed by atoms with Crippen molar-refractivity contribution in [1.29, 1.82) is 0 Å². The third kappa shape index (κ3) is 4.40. The number of anilines is 1. The molecule has 10 heteroatoms. The van der Waals surface area contributed by atoms with Gasteiger partial charge < -0.3 is 4.74 Å². The molecule has 0 spiro atoms. The summed E-state index contributed by atoms with van der Waals surface area (Å²) < 4.78 is 5.46. The molecule has 5 rings (SSSR count). The standard InChI is InChI=1S/C25H22N4O5S/c30-21-18-9-4-5-10-19(18)22(31)28(21)16-29(24-26-12-14-35-24)23(32)20-11-6-13-27(20)25(33)34-15-17-7-2-1-3-8-17/h1-5,7-10,12,14,20H,6,11,13,15-16H2. The Bertz CT molecular complexity index is 1230. The average Bonchev–Trinajstić information content (AvgIpc) is 3.64. The van der Waals surface area contributed by atoms with E-state index in [-0.39, 0.29) is 13.3 Å². The molecule has 0 saturated carbocycles. The van der Waals surface area contributed by atoms with Crippen LogP contribution in [0.15, 0.2) is 66.2 Å². The van der Waals surface area contributed by atoms with Crippen LogP contribution < -0.4 is 4.90 Å². The van der Waals surface area contributed by atoms with Gasteiger partial charge in [0.1, 0.15) is 19.3 Å². The first kappa shape index (κ1) is 22.7. The van der Waals surface area contributed by atoms with Crippen molar-refractivity contribution < 1.29 is 23.9 Å². The summed E-state index contributed by atoms with van der Waals surface area (Å²) in [6, 6.07) is 15.1. The third-order valence-electron chi connectivity index (χ3n) is 6.05. The number of likely N-dealkylation sites (tertiary alicyclic amines) is 1. The molecule has 9 nitrogen and oxygen atoms in total. The highest BCUT2D eigenvalue weighted by molar-refractivity contribution is 7.13. The molecule has 1 atom stereocenters. The largest absolute Gasteiger partial charge is 0.445 e. The maximum Gasteiger partial charge on any atom is 0.410 e. The zero-order valence-corrected chi connectivity index (χ0v) is 19.5. The van der Waals surface area contributed by atoms with E-state index in [1.54, 1.807) is 35.8 Å². The predicted octanol–water partition coefficient (Wildman–Crippen LogP) is 3.53. The van der Waals surface area contributed by atoms with Gasteiger partial charge in [-0.3, -0.25) is 29.1 Å². The zero-order valence-electron chi connectivity index (χ0n) is 18.7. The van der Waals surface area contributed by atoms with Crippen LogP contribution in [-0.4, -0.2) is 57.9 Å². The molecule has 0 radical (unpaired) electrons. The summed E-state index contributed by atoms with van der Waals surface area (Å²) >= 11 is 1.22. The lowest BCUT2D eigenvalue weighted by Gasteiger charge is -2.30. The van der Waals surface area contributed by atoms with Gasteiger partial charge in [0.2, 0.25) is 0 Å². The molecular weight excluding hydrogens is 468 g/mol. The van der Waals surface area contributed by atoms with Crippen molar-refractivity contribution in [2.75, 3.05) is 18.1 Å². The van der Waals surface area contributed by atoms with Crippen LogP contribution >= 0.6 is 11.3 Å². The number of carbonyl (C=O) groups is 4. The number of nitrogens with zero attached hydrogens (tertiary/aromatic N) is 4. The maximum absolute atomic E-state index is 13.7. The Morgan fingerprint density at radius 3 is 2.37 bits per heavy atom. The summed E-state index contributed by atoms with van der Waals surface area (Å²) in [4.78, 5) is 60.4. The molecule has 1 unspecified atom stereocenters. The van der Waals surface area contributed by atoms with Crippen molar-refractivity contribution in [1.82, 2.24) is 14.8 Å². The van der Waals surface area contributed by atoms with E-state index >= 15 is 0 Å². The Labute approximate surface area is 205 Å². The fourth-order valence-corrected chi connectivity index (χ4v) is 4.95. The number of carbonyl (C=O) groups excluding carboxylic acids is 4. The minimum Gasteiger partial charge on any atom is -0.445 e. The second-order valence-corrected chi connectivity index (χ2v) is 9.07. The quantitative estimate of drug-likeness (QED) is 0.490. The summed E-state index contributed by atoms with van der Waals surface area (Å²) in [5.41, 5.74) is 1.45. The smallest absolute Gasteiger partial charge is 0.410 e. The van der Waals surface area contributed by atoms with Gasteiger partial charge in [0.15, 0.2) is 5.13 Å². The molecule has 1 fully saturated rings. The minimum absolute atomic E-state index is 0.0995. The number of hydrogen-bond donors (Lipinski definition) is 0. The molecule has 3 aromatic rings. The van der Waals surface area contributed by atoms with E-state index in [9.17, 15) is 19.2 Å². The second kappa shape index (κ2) is 9.67. The van der Waals surface area contributed by atoms with Crippen LogP contribution in [0.25, 0.3) is 0 Å². The van der Waals surface area contributed by atoms with Crippen molar-refractivity contribution >= 4 is 40.3 Å². The number of ether oxygens (including phenoxy) is 1. The van der Waals surface area contributed by atoms with E-state index in [1.807, 2.05) is 30.3 Å². The molecule has 4 amide bonds. The van der Waals surface area contributed by atoms with Crippen molar-refractivity contribution in [2.45, 2.75) is 25.5 Å². The normalized spacial score (nSPS) is 17.0. The van der Waals surface area contributed by atoms with Crippen molar-refractivity contribution in [2.24, 2.45) is 0 Å². The lowest BCUT2D eigenvalue weighted by Crippen LogP contribution is -2.52. The van der Waals surface area contributed by atoms with Gasteiger partial charge in [0.05, 0.1) is 11.1 Å². The molecule has 3 heterocycles. The monoisotopic (exact) mass is 490 g/mol. The summed E-state index contributed by atoms with van der Waals surface area (Å²) in [6.07, 6.45) is 2.05. The molecule has 1 saturated heterocycles. The molecule has 0 bridgehead atoms. The van der Waals surface area contributed by atoms with Crippen LogP contribution in [0.5, 0.6) is 0 Å². The topological polar surface area (TPSA) is 100 Å². The van der Waals surface area contributed by atoms with E-state index in [4.69, 9.17) is 4.74 Å². The number of thiazole rings is 1. The number of imide groups is 1. The molecule has 35 heavy (non-hydrogen) atoms. The Morgan fingerprint density at radius 1 is 1.03 bits per heavy atom. The van der Waals surface area contributed by atoms with Gasteiger partial charge in [-0.15, -0.1) is 11.3 Å². The van der Waals surface area contributed by atoms with Crippen LogP contribution in [0.3, 0.4) is 0 Å². The molecule has 2 aliphatic heterocycles. The third-order valence-corrected chi connectivity index (χ3v) is 6.85. The molecule has 0 aliphatic carbocycles. The van der Waals surface area contributed by atoms with Gasteiger partial charge in [-0.1, -0.05) is 42.5 Å². The van der Waals surface area contributed by atoms with Gasteiger partial charge in [-0.2, -0.15) is 0 Å². The summed E-state index contributed by atoms with van der Waals surface area (Å²) in [6.45, 7) is 0.188. The maximum atomic E-state index is 13.7. The van der Waals surface area contributed by atoms with E-state index in [0.717, 1.165) is 10.5 Å². The number of amides is 4. The highest BCUT2D eigenvalue weighted by Gasteiger charge is 2.42. The summed E-state index contributed by atoms with van der Waals surface area (Å²) in [5, 5.41) is 2.05. The number of hydrogen-bond acceptors (Lipinski definition) is 7. The number of fused-ring (bicyclic) bond motifs is 1. The van der Waals surface area contributed by atoms with Crippen molar-refractivity contribution in [3.63, 3.8) is 0 Å². The lowest BCUT2D eigenvalue weighted by atomic mass is 10.1. The SMILES string of the molecule is O=C1c2ccccc2C(=O)N1CN(C(=O)C1CCCN1C(=O)OCc1ccccc1)c1nccs1. The van der Waals surface area contributed by atoms with E-state index in [0.29, 0.717) is 35.6 Å². The number of benzene rings is 2. The highest BCUT2D eigenvalue weighted by atomic mass is 32.1. The highest BCUT2D eigenvalue weighted by Crippen LogP contribution is 2.28. The van der Waals surface area contributed by atoms with Crippen LogP contribution in [0, 0.1) is 0 Å². The van der Waals surface area contributed by atoms with E-state index in [1.165, 1.54) is 21.1 Å². The van der Waals surface area contributed by atoms with Gasteiger partial charge in [0, 0.05) is 18.1 Å². The van der Waals surface area contributed by atoms with Crippen molar-refractivity contribution in [3.8, 4) is 0 Å². The van der Waals surface area contributed by atoms with Crippen LogP contribution in [0.2, 0.25) is 0 Å². The van der Waals surface area contributed by atoms with Gasteiger partial charge in [-0.05, 0) is 30.5 Å². The molecule has 1 aromatic heterocycles. The van der Waals surface area contributed by atoms with Crippen LogP contribution in [-0.2, 0) is 16.1 Å². The van der Waals surface area contributed by atoms with E-state index < -0.39 is 29.9 Å². The fourth-order valence-electron chi connectivity index (χ4n) is 4.31. The molecular formula is C25H22N4O5S. The first-order valence-corrected chi connectivity index (χ1v) is 12.1. The zero-order chi connectivity index (χ0) is 24.4.